The maximum absolute atomic E-state index is 14.8. The molecule has 7 heteroatoms. The van der Waals surface area contributed by atoms with Crippen molar-refractivity contribution in [2.75, 3.05) is 20.1 Å². The van der Waals surface area contributed by atoms with E-state index in [0.29, 0.717) is 17.8 Å². The Morgan fingerprint density at radius 1 is 1.33 bits per heavy atom. The van der Waals surface area contributed by atoms with Crippen molar-refractivity contribution in [3.05, 3.63) is 53.6 Å². The van der Waals surface area contributed by atoms with Gasteiger partial charge in [0.05, 0.1) is 16.8 Å². The normalized spacial score (nSPS) is 18.2. The van der Waals surface area contributed by atoms with Crippen molar-refractivity contribution in [2.45, 2.75) is 32.2 Å². The van der Waals surface area contributed by atoms with Gasteiger partial charge < -0.3 is 19.9 Å². The summed E-state index contributed by atoms with van der Waals surface area (Å²) in [6, 6.07) is 6.96. The number of carbonyl (C=O) groups is 1. The van der Waals surface area contributed by atoms with Crippen LogP contribution < -0.4 is 10.1 Å². The van der Waals surface area contributed by atoms with Crippen LogP contribution in [0.3, 0.4) is 0 Å². The quantitative estimate of drug-likeness (QED) is 0.654. The van der Waals surface area contributed by atoms with Gasteiger partial charge in [0, 0.05) is 25.5 Å². The number of likely N-dealkylation sites (tertiary alicyclic amines) is 1. The van der Waals surface area contributed by atoms with Crippen LogP contribution in [0.4, 0.5) is 4.39 Å². The highest BCUT2D eigenvalue weighted by Crippen LogP contribution is 2.49. The number of rotatable bonds is 6. The van der Waals surface area contributed by atoms with Gasteiger partial charge in [0.1, 0.15) is 11.4 Å². The summed E-state index contributed by atoms with van der Waals surface area (Å²) < 4.78 is 20.7. The highest BCUT2D eigenvalue weighted by molar-refractivity contribution is 5.86. The third-order valence-corrected chi connectivity index (χ3v) is 6.23. The standard InChI is InChI=1S/C23H25FN4O2/c1-14-11-26-21-20(14)19(5-8-25-21)30-18-4-3-15(9-17(18)24)10-23(6-7-23)22(29)27-16-12-28(2)13-16/h3-5,8-9,11,16H,6-7,10,12-13H2,1-2H3,(H,25,26)(H,27,29). The van der Waals surface area contributed by atoms with Crippen LogP contribution in [0, 0.1) is 18.2 Å². The molecule has 1 saturated carbocycles. The third kappa shape index (κ3) is 3.43. The van der Waals surface area contributed by atoms with Gasteiger partial charge in [-0.3, -0.25) is 4.79 Å². The zero-order valence-electron chi connectivity index (χ0n) is 17.2. The van der Waals surface area contributed by atoms with Gasteiger partial charge in [0.2, 0.25) is 5.91 Å². The van der Waals surface area contributed by atoms with Crippen molar-refractivity contribution in [3.63, 3.8) is 0 Å². The number of benzene rings is 1. The average molecular weight is 408 g/mol. The van der Waals surface area contributed by atoms with Crippen molar-refractivity contribution >= 4 is 16.9 Å². The summed E-state index contributed by atoms with van der Waals surface area (Å²) in [5.41, 5.74) is 2.13. The summed E-state index contributed by atoms with van der Waals surface area (Å²) in [4.78, 5) is 22.2. The summed E-state index contributed by atoms with van der Waals surface area (Å²) in [5.74, 6) is 0.401. The van der Waals surface area contributed by atoms with Gasteiger partial charge in [0.15, 0.2) is 11.6 Å². The number of fused-ring (bicyclic) bond motifs is 1. The Bertz CT molecular complexity index is 1120. The predicted molar refractivity (Wildman–Crippen MR) is 112 cm³/mol. The van der Waals surface area contributed by atoms with E-state index in [1.165, 1.54) is 6.07 Å². The number of halogens is 1. The summed E-state index contributed by atoms with van der Waals surface area (Å²) in [7, 11) is 2.04. The van der Waals surface area contributed by atoms with Crippen LogP contribution in [0.15, 0.2) is 36.7 Å². The number of hydrogen-bond donors (Lipinski definition) is 2. The van der Waals surface area contributed by atoms with Crippen LogP contribution in [0.2, 0.25) is 0 Å². The molecule has 3 aromatic rings. The molecule has 30 heavy (non-hydrogen) atoms. The minimum Gasteiger partial charge on any atom is -0.453 e. The van der Waals surface area contributed by atoms with Crippen LogP contribution in [-0.4, -0.2) is 47.0 Å². The van der Waals surface area contributed by atoms with Gasteiger partial charge in [-0.2, -0.15) is 0 Å². The zero-order chi connectivity index (χ0) is 20.9. The Balaban J connectivity index is 1.30. The second kappa shape index (κ2) is 7.09. The Kier molecular flexibility index (Phi) is 4.50. The van der Waals surface area contributed by atoms with Crippen molar-refractivity contribution in [1.82, 2.24) is 20.2 Å². The second-order valence-corrected chi connectivity index (χ2v) is 8.72. The minimum atomic E-state index is -0.428. The number of aromatic amines is 1. The first-order chi connectivity index (χ1) is 14.4. The molecule has 2 aliphatic rings. The van der Waals surface area contributed by atoms with E-state index in [4.69, 9.17) is 4.74 Å². The zero-order valence-corrected chi connectivity index (χ0v) is 17.2. The number of aryl methyl sites for hydroxylation is 1. The molecule has 0 unspecified atom stereocenters. The number of nitrogens with zero attached hydrogens (tertiary/aromatic N) is 2. The Morgan fingerprint density at radius 2 is 2.13 bits per heavy atom. The first-order valence-electron chi connectivity index (χ1n) is 10.3. The van der Waals surface area contributed by atoms with E-state index in [2.05, 4.69) is 20.2 Å². The molecule has 1 aliphatic heterocycles. The molecular formula is C23H25FN4O2. The van der Waals surface area contributed by atoms with Gasteiger partial charge in [0.25, 0.3) is 0 Å². The van der Waals surface area contributed by atoms with Crippen molar-refractivity contribution in [2.24, 2.45) is 5.41 Å². The highest BCUT2D eigenvalue weighted by atomic mass is 19.1. The molecule has 0 bridgehead atoms. The first-order valence-corrected chi connectivity index (χ1v) is 10.3. The molecule has 5 rings (SSSR count). The molecule has 0 radical (unpaired) electrons. The van der Waals surface area contributed by atoms with Crippen molar-refractivity contribution in [1.29, 1.82) is 0 Å². The number of H-pyrrole nitrogens is 1. The van der Waals surface area contributed by atoms with E-state index in [1.54, 1.807) is 18.3 Å². The van der Waals surface area contributed by atoms with Crippen LogP contribution >= 0.6 is 0 Å². The van der Waals surface area contributed by atoms with Gasteiger partial charge in [-0.25, -0.2) is 9.37 Å². The average Bonchev–Trinajstić information content (AvgIpc) is 3.38. The molecule has 2 aromatic heterocycles. The van der Waals surface area contributed by atoms with Gasteiger partial charge in [-0.1, -0.05) is 6.07 Å². The largest absolute Gasteiger partial charge is 0.453 e. The number of hydrogen-bond acceptors (Lipinski definition) is 4. The lowest BCUT2D eigenvalue weighted by Crippen LogP contribution is -2.58. The Labute approximate surface area is 174 Å². The molecule has 1 aliphatic carbocycles. The summed E-state index contributed by atoms with van der Waals surface area (Å²) in [6.07, 6.45) is 5.74. The van der Waals surface area contributed by atoms with E-state index in [0.717, 1.165) is 42.4 Å². The fourth-order valence-corrected chi connectivity index (χ4v) is 4.28. The Hall–Kier alpha value is -2.93. The van der Waals surface area contributed by atoms with Crippen LogP contribution in [0.1, 0.15) is 24.0 Å². The topological polar surface area (TPSA) is 70.2 Å². The van der Waals surface area contributed by atoms with E-state index in [1.807, 2.05) is 26.2 Å². The van der Waals surface area contributed by atoms with E-state index >= 15 is 0 Å². The maximum Gasteiger partial charge on any atom is 0.226 e. The second-order valence-electron chi connectivity index (χ2n) is 8.72. The molecule has 0 spiro atoms. The number of amides is 1. The molecule has 1 amide bonds. The molecular weight excluding hydrogens is 383 g/mol. The number of pyridine rings is 1. The van der Waals surface area contributed by atoms with E-state index in [-0.39, 0.29) is 23.1 Å². The fraction of sp³-hybridized carbons (Fsp3) is 0.391. The monoisotopic (exact) mass is 408 g/mol. The fourth-order valence-electron chi connectivity index (χ4n) is 4.28. The van der Waals surface area contributed by atoms with Gasteiger partial charge in [-0.05, 0) is 62.6 Å². The minimum absolute atomic E-state index is 0.100. The van der Waals surface area contributed by atoms with Gasteiger partial charge >= 0.3 is 0 Å². The summed E-state index contributed by atoms with van der Waals surface area (Å²) in [6.45, 7) is 3.74. The predicted octanol–water partition coefficient (Wildman–Crippen LogP) is 3.56. The number of likely N-dealkylation sites (N-methyl/N-ethyl adjacent to an activating group) is 1. The van der Waals surface area contributed by atoms with Gasteiger partial charge in [-0.15, -0.1) is 0 Å². The molecule has 2 fully saturated rings. The van der Waals surface area contributed by atoms with Crippen molar-refractivity contribution < 1.29 is 13.9 Å². The van der Waals surface area contributed by atoms with Crippen LogP contribution in [-0.2, 0) is 11.2 Å². The third-order valence-electron chi connectivity index (χ3n) is 6.23. The summed E-state index contributed by atoms with van der Waals surface area (Å²) in [5, 5.41) is 3.98. The smallest absolute Gasteiger partial charge is 0.226 e. The number of aromatic nitrogens is 2. The molecule has 3 heterocycles. The Morgan fingerprint density at radius 3 is 2.83 bits per heavy atom. The van der Waals surface area contributed by atoms with E-state index < -0.39 is 5.82 Å². The lowest BCUT2D eigenvalue weighted by Gasteiger charge is -2.37. The summed E-state index contributed by atoms with van der Waals surface area (Å²) >= 11 is 0. The molecule has 2 N–H and O–H groups in total. The number of nitrogens with one attached hydrogen (secondary N) is 2. The number of ether oxygens (including phenoxy) is 1. The molecule has 6 nitrogen and oxygen atoms in total. The lowest BCUT2D eigenvalue weighted by molar-refractivity contribution is -0.128. The van der Waals surface area contributed by atoms with Crippen LogP contribution in [0.25, 0.3) is 11.0 Å². The number of carbonyl (C=O) groups excluding carboxylic acids is 1. The molecule has 1 saturated heterocycles. The molecule has 1 aromatic carbocycles. The lowest BCUT2D eigenvalue weighted by atomic mass is 9.94. The van der Waals surface area contributed by atoms with Crippen molar-refractivity contribution in [3.8, 4) is 11.5 Å². The van der Waals surface area contributed by atoms with Crippen LogP contribution in [0.5, 0.6) is 11.5 Å². The highest BCUT2D eigenvalue weighted by Gasteiger charge is 2.50. The molecule has 0 atom stereocenters. The maximum atomic E-state index is 14.8. The molecule has 156 valence electrons. The SMILES string of the molecule is Cc1c[nH]c2nccc(Oc3ccc(CC4(C(=O)NC5CN(C)C5)CC4)cc3F)c12. The van der Waals surface area contributed by atoms with E-state index in [9.17, 15) is 9.18 Å². The first kappa shape index (κ1) is 19.1.